The number of amides is 1. The lowest BCUT2D eigenvalue weighted by Gasteiger charge is -2.30. The molecule has 1 heterocycles. The Morgan fingerprint density at radius 1 is 1.16 bits per heavy atom. The number of carbonyl (C=O) groups excluding carboxylic acids is 1. The lowest BCUT2D eigenvalue weighted by atomic mass is 9.85. The van der Waals surface area contributed by atoms with E-state index in [-0.39, 0.29) is 24.8 Å². The van der Waals surface area contributed by atoms with E-state index in [0.29, 0.717) is 23.4 Å². The van der Waals surface area contributed by atoms with Gasteiger partial charge < -0.3 is 5.32 Å². The standard InChI is InChI=1S/C18H19F3N2OS/c1-11-15(25-17(22-11)12-5-3-2-4-6-12)16(24)23-14-9-7-13(8-10-14)18(19,20)21/h2-6,13-14H,7-10H2,1H3,(H,23,24). The third kappa shape index (κ3) is 4.21. The molecule has 1 amide bonds. The number of aromatic nitrogens is 1. The molecule has 1 aliphatic rings. The van der Waals surface area contributed by atoms with Gasteiger partial charge in [0.15, 0.2) is 0 Å². The number of rotatable bonds is 3. The van der Waals surface area contributed by atoms with Crippen molar-refractivity contribution in [3.05, 3.63) is 40.9 Å². The fraction of sp³-hybridized carbons (Fsp3) is 0.444. The molecular formula is C18H19F3N2OS. The van der Waals surface area contributed by atoms with Crippen molar-refractivity contribution in [3.8, 4) is 10.6 Å². The fourth-order valence-corrected chi connectivity index (χ4v) is 4.10. The van der Waals surface area contributed by atoms with Gasteiger partial charge >= 0.3 is 6.18 Å². The van der Waals surface area contributed by atoms with E-state index in [1.807, 2.05) is 30.3 Å². The summed E-state index contributed by atoms with van der Waals surface area (Å²) in [5.41, 5.74) is 1.59. The van der Waals surface area contributed by atoms with Gasteiger partial charge in [-0.3, -0.25) is 4.79 Å². The van der Waals surface area contributed by atoms with Gasteiger partial charge in [-0.15, -0.1) is 11.3 Å². The van der Waals surface area contributed by atoms with Crippen molar-refractivity contribution in [1.82, 2.24) is 10.3 Å². The molecule has 0 bridgehead atoms. The highest BCUT2D eigenvalue weighted by atomic mass is 32.1. The van der Waals surface area contributed by atoms with Crippen LogP contribution in [0.15, 0.2) is 30.3 Å². The van der Waals surface area contributed by atoms with Crippen LogP contribution in [0.5, 0.6) is 0 Å². The molecule has 3 nitrogen and oxygen atoms in total. The van der Waals surface area contributed by atoms with Crippen LogP contribution < -0.4 is 5.32 Å². The molecule has 0 spiro atoms. The number of thiazole rings is 1. The maximum Gasteiger partial charge on any atom is 0.391 e. The summed E-state index contributed by atoms with van der Waals surface area (Å²) >= 11 is 1.31. The monoisotopic (exact) mass is 368 g/mol. The van der Waals surface area contributed by atoms with E-state index < -0.39 is 12.1 Å². The first-order chi connectivity index (χ1) is 11.8. The molecule has 0 saturated heterocycles. The summed E-state index contributed by atoms with van der Waals surface area (Å²) in [6.07, 6.45) is -3.26. The zero-order valence-corrected chi connectivity index (χ0v) is 14.6. The van der Waals surface area contributed by atoms with Crippen molar-refractivity contribution < 1.29 is 18.0 Å². The molecule has 134 valence electrons. The molecular weight excluding hydrogens is 349 g/mol. The molecule has 7 heteroatoms. The average Bonchev–Trinajstić information content (AvgIpc) is 2.97. The summed E-state index contributed by atoms with van der Waals surface area (Å²) in [7, 11) is 0. The zero-order chi connectivity index (χ0) is 18.0. The van der Waals surface area contributed by atoms with E-state index in [1.165, 1.54) is 11.3 Å². The third-order valence-corrected chi connectivity index (χ3v) is 5.75. The van der Waals surface area contributed by atoms with Gasteiger partial charge in [0.25, 0.3) is 5.91 Å². The van der Waals surface area contributed by atoms with E-state index in [9.17, 15) is 18.0 Å². The Bertz CT molecular complexity index is 735. The smallest absolute Gasteiger partial charge is 0.349 e. The summed E-state index contributed by atoms with van der Waals surface area (Å²) < 4.78 is 38.2. The summed E-state index contributed by atoms with van der Waals surface area (Å²) in [4.78, 5) is 17.5. The van der Waals surface area contributed by atoms with Crippen LogP contribution in [0.4, 0.5) is 13.2 Å². The molecule has 0 radical (unpaired) electrons. The topological polar surface area (TPSA) is 42.0 Å². The molecule has 1 fully saturated rings. The minimum Gasteiger partial charge on any atom is -0.349 e. The minimum atomic E-state index is -4.13. The summed E-state index contributed by atoms with van der Waals surface area (Å²) in [6.45, 7) is 1.78. The summed E-state index contributed by atoms with van der Waals surface area (Å²) in [5, 5.41) is 3.64. The van der Waals surface area contributed by atoms with Gasteiger partial charge in [0.1, 0.15) is 9.88 Å². The van der Waals surface area contributed by atoms with E-state index >= 15 is 0 Å². The molecule has 1 aromatic heterocycles. The zero-order valence-electron chi connectivity index (χ0n) is 13.8. The van der Waals surface area contributed by atoms with Crippen molar-refractivity contribution in [2.45, 2.75) is 44.8 Å². The van der Waals surface area contributed by atoms with Gasteiger partial charge in [-0.1, -0.05) is 30.3 Å². The molecule has 1 saturated carbocycles. The van der Waals surface area contributed by atoms with Crippen molar-refractivity contribution >= 4 is 17.2 Å². The number of halogens is 3. The highest BCUT2D eigenvalue weighted by Crippen LogP contribution is 2.37. The molecule has 1 N–H and O–H groups in total. The second-order valence-electron chi connectivity index (χ2n) is 6.36. The van der Waals surface area contributed by atoms with Crippen LogP contribution in [0.2, 0.25) is 0 Å². The summed E-state index contributed by atoms with van der Waals surface area (Å²) in [5.74, 6) is -1.48. The number of aryl methyl sites for hydroxylation is 1. The van der Waals surface area contributed by atoms with Gasteiger partial charge in [0.05, 0.1) is 11.6 Å². The largest absolute Gasteiger partial charge is 0.391 e. The number of carbonyl (C=O) groups is 1. The van der Waals surface area contributed by atoms with Crippen LogP contribution in [-0.2, 0) is 0 Å². The van der Waals surface area contributed by atoms with Crippen molar-refractivity contribution in [2.24, 2.45) is 5.92 Å². The van der Waals surface area contributed by atoms with Crippen LogP contribution in [-0.4, -0.2) is 23.1 Å². The molecule has 25 heavy (non-hydrogen) atoms. The van der Waals surface area contributed by atoms with Gasteiger partial charge in [-0.25, -0.2) is 4.98 Å². The molecule has 2 aromatic rings. The van der Waals surface area contributed by atoms with Gasteiger partial charge in [-0.05, 0) is 32.6 Å². The Morgan fingerprint density at radius 3 is 2.40 bits per heavy atom. The van der Waals surface area contributed by atoms with E-state index in [0.717, 1.165) is 10.6 Å². The van der Waals surface area contributed by atoms with Crippen LogP contribution in [0.1, 0.15) is 41.0 Å². The molecule has 1 aliphatic carbocycles. The Balaban J connectivity index is 1.64. The number of hydrogen-bond acceptors (Lipinski definition) is 3. The van der Waals surface area contributed by atoms with Crippen LogP contribution in [0, 0.1) is 12.8 Å². The van der Waals surface area contributed by atoms with E-state index in [4.69, 9.17) is 0 Å². The lowest BCUT2D eigenvalue weighted by Crippen LogP contribution is -2.40. The number of nitrogens with one attached hydrogen (secondary N) is 1. The quantitative estimate of drug-likeness (QED) is 0.831. The Morgan fingerprint density at radius 2 is 1.80 bits per heavy atom. The van der Waals surface area contributed by atoms with Crippen molar-refractivity contribution in [2.75, 3.05) is 0 Å². The molecule has 0 aliphatic heterocycles. The second-order valence-corrected chi connectivity index (χ2v) is 7.36. The highest BCUT2D eigenvalue weighted by Gasteiger charge is 2.41. The molecule has 1 aromatic carbocycles. The predicted molar refractivity (Wildman–Crippen MR) is 91.6 cm³/mol. The third-order valence-electron chi connectivity index (χ3n) is 4.55. The van der Waals surface area contributed by atoms with Gasteiger partial charge in [0, 0.05) is 11.6 Å². The van der Waals surface area contributed by atoms with Gasteiger partial charge in [-0.2, -0.15) is 13.2 Å². The van der Waals surface area contributed by atoms with Crippen molar-refractivity contribution in [3.63, 3.8) is 0 Å². The Kier molecular flexibility index (Phi) is 5.13. The number of hydrogen-bond donors (Lipinski definition) is 1. The maximum atomic E-state index is 12.7. The highest BCUT2D eigenvalue weighted by molar-refractivity contribution is 7.17. The normalized spacial score (nSPS) is 21.1. The predicted octanol–water partition coefficient (Wildman–Crippen LogP) is 4.97. The molecule has 0 unspecified atom stereocenters. The Hall–Kier alpha value is -1.89. The van der Waals surface area contributed by atoms with Crippen molar-refractivity contribution in [1.29, 1.82) is 0 Å². The Labute approximate surface area is 148 Å². The van der Waals surface area contributed by atoms with E-state index in [2.05, 4.69) is 10.3 Å². The molecule has 3 rings (SSSR count). The molecule has 0 atom stereocenters. The van der Waals surface area contributed by atoms with Crippen LogP contribution >= 0.6 is 11.3 Å². The van der Waals surface area contributed by atoms with Crippen LogP contribution in [0.3, 0.4) is 0 Å². The van der Waals surface area contributed by atoms with E-state index in [1.54, 1.807) is 6.92 Å². The van der Waals surface area contributed by atoms with Crippen LogP contribution in [0.25, 0.3) is 10.6 Å². The fourth-order valence-electron chi connectivity index (χ4n) is 3.13. The number of benzene rings is 1. The first kappa shape index (κ1) is 17.9. The van der Waals surface area contributed by atoms with Gasteiger partial charge in [0.2, 0.25) is 0 Å². The lowest BCUT2D eigenvalue weighted by molar-refractivity contribution is -0.182. The number of nitrogens with zero attached hydrogens (tertiary/aromatic N) is 1. The first-order valence-electron chi connectivity index (χ1n) is 8.25. The first-order valence-corrected chi connectivity index (χ1v) is 9.06. The summed E-state index contributed by atoms with van der Waals surface area (Å²) in [6, 6.07) is 9.38. The maximum absolute atomic E-state index is 12.7. The SMILES string of the molecule is Cc1nc(-c2ccccc2)sc1C(=O)NC1CCC(C(F)(F)F)CC1. The number of alkyl halides is 3. The average molecular weight is 368 g/mol. The minimum absolute atomic E-state index is 0.0748. The second kappa shape index (κ2) is 7.15.